The van der Waals surface area contributed by atoms with Crippen LogP contribution in [0.5, 0.6) is 0 Å². The van der Waals surface area contributed by atoms with Crippen molar-refractivity contribution in [2.24, 2.45) is 4.99 Å². The molecule has 1 fully saturated rings. The number of guanidine groups is 1. The van der Waals surface area contributed by atoms with Crippen molar-refractivity contribution in [3.8, 4) is 0 Å². The van der Waals surface area contributed by atoms with Crippen LogP contribution in [0.15, 0.2) is 9.52 Å². The van der Waals surface area contributed by atoms with E-state index >= 15 is 0 Å². The van der Waals surface area contributed by atoms with Gasteiger partial charge in [0.25, 0.3) is 0 Å². The van der Waals surface area contributed by atoms with Crippen LogP contribution >= 0.6 is 24.0 Å². The van der Waals surface area contributed by atoms with E-state index in [-0.39, 0.29) is 36.0 Å². The largest absolute Gasteiger partial charge is 0.450 e. The topological polar surface area (TPSA) is 92.0 Å². The zero-order valence-corrected chi connectivity index (χ0v) is 19.2. The van der Waals surface area contributed by atoms with Gasteiger partial charge in [0, 0.05) is 44.2 Å². The third-order valence-corrected chi connectivity index (χ3v) is 4.74. The molecule has 2 rings (SSSR count). The molecule has 1 atom stereocenters. The van der Waals surface area contributed by atoms with Crippen LogP contribution in [0.2, 0.25) is 0 Å². The number of carbonyl (C=O) groups excluding carboxylic acids is 1. The molecule has 0 spiro atoms. The van der Waals surface area contributed by atoms with Crippen molar-refractivity contribution in [3.63, 3.8) is 0 Å². The number of likely N-dealkylation sites (tertiary alicyclic amines) is 1. The SMILES string of the molecule is CCOC(=O)N1CCC(NC(=NC)NCC(C)c2c(C)noc2C)CC1.I. The summed E-state index contributed by atoms with van der Waals surface area (Å²) >= 11 is 0. The number of amides is 1. The van der Waals surface area contributed by atoms with Gasteiger partial charge in [-0.25, -0.2) is 4.79 Å². The third kappa shape index (κ3) is 6.54. The molecule has 1 saturated heterocycles. The standard InChI is InChI=1S/C18H31N5O3.HI/c1-6-25-18(24)23-9-7-15(8-10-23)21-17(19-5)20-11-12(2)16-13(3)22-26-14(16)4;/h12,15H,6-11H2,1-5H3,(H2,19,20,21);1H. The van der Waals surface area contributed by atoms with Crippen LogP contribution in [-0.2, 0) is 4.74 Å². The number of hydrogen-bond acceptors (Lipinski definition) is 5. The average Bonchev–Trinajstić information content (AvgIpc) is 2.97. The number of aliphatic imine (C=N–C) groups is 1. The number of aryl methyl sites for hydroxylation is 2. The molecule has 1 aromatic heterocycles. The quantitative estimate of drug-likeness (QED) is 0.373. The minimum atomic E-state index is -0.221. The van der Waals surface area contributed by atoms with Crippen LogP contribution in [0.3, 0.4) is 0 Å². The second kappa shape index (κ2) is 11.4. The highest BCUT2D eigenvalue weighted by Gasteiger charge is 2.24. The van der Waals surface area contributed by atoms with Gasteiger partial charge in [0.15, 0.2) is 5.96 Å². The van der Waals surface area contributed by atoms with E-state index in [0.29, 0.717) is 25.7 Å². The predicted octanol–water partition coefficient (Wildman–Crippen LogP) is 2.80. The highest BCUT2D eigenvalue weighted by Crippen LogP contribution is 2.22. The first-order valence-corrected chi connectivity index (χ1v) is 9.27. The lowest BCUT2D eigenvalue weighted by Crippen LogP contribution is -2.50. The van der Waals surface area contributed by atoms with E-state index in [4.69, 9.17) is 9.26 Å². The summed E-state index contributed by atoms with van der Waals surface area (Å²) in [4.78, 5) is 17.8. The summed E-state index contributed by atoms with van der Waals surface area (Å²) in [6.45, 7) is 10.4. The molecule has 1 aliphatic rings. The Kier molecular flexibility index (Phi) is 9.89. The van der Waals surface area contributed by atoms with Crippen LogP contribution in [0, 0.1) is 13.8 Å². The molecule has 154 valence electrons. The van der Waals surface area contributed by atoms with E-state index in [9.17, 15) is 4.79 Å². The van der Waals surface area contributed by atoms with Gasteiger partial charge in [0.05, 0.1) is 12.3 Å². The Morgan fingerprint density at radius 3 is 2.59 bits per heavy atom. The molecule has 1 aromatic rings. The van der Waals surface area contributed by atoms with Crippen molar-refractivity contribution in [1.82, 2.24) is 20.7 Å². The zero-order chi connectivity index (χ0) is 19.1. The second-order valence-electron chi connectivity index (χ2n) is 6.70. The molecule has 27 heavy (non-hydrogen) atoms. The van der Waals surface area contributed by atoms with E-state index in [1.165, 1.54) is 0 Å². The van der Waals surface area contributed by atoms with Crippen molar-refractivity contribution in [2.45, 2.75) is 52.5 Å². The van der Waals surface area contributed by atoms with Gasteiger partial charge in [0.2, 0.25) is 0 Å². The van der Waals surface area contributed by atoms with E-state index in [0.717, 1.165) is 42.4 Å². The summed E-state index contributed by atoms with van der Waals surface area (Å²) in [5.41, 5.74) is 2.08. The fourth-order valence-corrected chi connectivity index (χ4v) is 3.35. The molecule has 2 N–H and O–H groups in total. The summed E-state index contributed by atoms with van der Waals surface area (Å²) in [7, 11) is 1.77. The normalized spacial score (nSPS) is 16.5. The molecule has 8 nitrogen and oxygen atoms in total. The maximum absolute atomic E-state index is 11.8. The summed E-state index contributed by atoms with van der Waals surface area (Å²) in [5.74, 6) is 1.91. The molecule has 1 amide bonds. The number of halogens is 1. The van der Waals surface area contributed by atoms with Gasteiger partial charge in [-0.15, -0.1) is 24.0 Å². The summed E-state index contributed by atoms with van der Waals surface area (Å²) in [6, 6.07) is 0.293. The number of nitrogens with zero attached hydrogens (tertiary/aromatic N) is 3. The molecule has 0 aromatic carbocycles. The van der Waals surface area contributed by atoms with Gasteiger partial charge in [-0.2, -0.15) is 0 Å². The first-order chi connectivity index (χ1) is 12.5. The van der Waals surface area contributed by atoms with Crippen LogP contribution in [0.1, 0.15) is 49.6 Å². The first-order valence-electron chi connectivity index (χ1n) is 9.27. The van der Waals surface area contributed by atoms with Crippen molar-refractivity contribution in [1.29, 1.82) is 0 Å². The predicted molar refractivity (Wildman–Crippen MR) is 116 cm³/mol. The minimum Gasteiger partial charge on any atom is -0.450 e. The molecule has 1 unspecified atom stereocenters. The lowest BCUT2D eigenvalue weighted by atomic mass is 9.99. The van der Waals surface area contributed by atoms with Gasteiger partial charge in [-0.3, -0.25) is 4.99 Å². The third-order valence-electron chi connectivity index (χ3n) is 4.74. The van der Waals surface area contributed by atoms with Gasteiger partial charge in [0.1, 0.15) is 5.76 Å². The molecule has 2 heterocycles. The molecular weight excluding hydrogens is 461 g/mol. The van der Waals surface area contributed by atoms with Crippen LogP contribution < -0.4 is 10.6 Å². The van der Waals surface area contributed by atoms with Crippen LogP contribution in [0.4, 0.5) is 4.79 Å². The first kappa shape index (κ1) is 23.5. The number of carbonyl (C=O) groups is 1. The Balaban J connectivity index is 0.00000364. The number of ether oxygens (including phenoxy) is 1. The van der Waals surface area contributed by atoms with Gasteiger partial charge in [-0.05, 0) is 33.6 Å². The minimum absolute atomic E-state index is 0. The van der Waals surface area contributed by atoms with E-state index in [1.54, 1.807) is 11.9 Å². The van der Waals surface area contributed by atoms with E-state index in [1.807, 2.05) is 20.8 Å². The number of aromatic nitrogens is 1. The zero-order valence-electron chi connectivity index (χ0n) is 16.9. The number of nitrogens with one attached hydrogen (secondary N) is 2. The Morgan fingerprint density at radius 1 is 1.41 bits per heavy atom. The molecular formula is C18H32IN5O3. The Bertz CT molecular complexity index is 607. The number of hydrogen-bond donors (Lipinski definition) is 2. The van der Waals surface area contributed by atoms with Crippen LogP contribution in [0.25, 0.3) is 0 Å². The maximum atomic E-state index is 11.8. The molecule has 9 heteroatoms. The highest BCUT2D eigenvalue weighted by atomic mass is 127. The van der Waals surface area contributed by atoms with Crippen molar-refractivity contribution in [3.05, 3.63) is 17.0 Å². The molecule has 0 bridgehead atoms. The molecule has 1 aliphatic heterocycles. The monoisotopic (exact) mass is 493 g/mol. The highest BCUT2D eigenvalue weighted by molar-refractivity contribution is 14.0. The van der Waals surface area contributed by atoms with E-state index < -0.39 is 0 Å². The smallest absolute Gasteiger partial charge is 0.409 e. The van der Waals surface area contributed by atoms with Gasteiger partial charge >= 0.3 is 6.09 Å². The summed E-state index contributed by atoms with van der Waals surface area (Å²) in [5, 5.41) is 10.8. The van der Waals surface area contributed by atoms with Crippen molar-refractivity contribution < 1.29 is 14.1 Å². The van der Waals surface area contributed by atoms with E-state index in [2.05, 4.69) is 27.7 Å². The van der Waals surface area contributed by atoms with Crippen molar-refractivity contribution >= 4 is 36.0 Å². The second-order valence-corrected chi connectivity index (χ2v) is 6.70. The summed E-state index contributed by atoms with van der Waals surface area (Å²) in [6.07, 6.45) is 1.53. The van der Waals surface area contributed by atoms with Gasteiger partial charge in [-0.1, -0.05) is 12.1 Å². The fourth-order valence-electron chi connectivity index (χ4n) is 3.35. The molecule has 0 aliphatic carbocycles. The average molecular weight is 493 g/mol. The Hall–Kier alpha value is -1.52. The lowest BCUT2D eigenvalue weighted by molar-refractivity contribution is 0.0963. The Morgan fingerprint density at radius 2 is 2.07 bits per heavy atom. The molecule has 0 saturated carbocycles. The Labute approximate surface area is 178 Å². The van der Waals surface area contributed by atoms with Crippen LogP contribution in [-0.4, -0.2) is 61.4 Å². The molecule has 0 radical (unpaired) electrons. The summed E-state index contributed by atoms with van der Waals surface area (Å²) < 4.78 is 10.3. The van der Waals surface area contributed by atoms with Gasteiger partial charge < -0.3 is 24.8 Å². The lowest BCUT2D eigenvalue weighted by Gasteiger charge is -2.32. The number of piperidine rings is 1. The number of rotatable bonds is 5. The maximum Gasteiger partial charge on any atom is 0.409 e. The fraction of sp³-hybridized carbons (Fsp3) is 0.722. The van der Waals surface area contributed by atoms with Crippen molar-refractivity contribution in [2.75, 3.05) is 33.3 Å².